The minimum atomic E-state index is -0.442. The molecule has 1 amide bonds. The summed E-state index contributed by atoms with van der Waals surface area (Å²) in [5, 5.41) is 3.50. The highest BCUT2D eigenvalue weighted by atomic mass is 127. The minimum absolute atomic E-state index is 0.231. The first kappa shape index (κ1) is 20.2. The Balaban J connectivity index is 2.34. The molecule has 1 N–H and O–H groups in total. The van der Waals surface area contributed by atoms with Crippen molar-refractivity contribution >= 4 is 28.7 Å². The summed E-state index contributed by atoms with van der Waals surface area (Å²) in [4.78, 5) is 13.8. The van der Waals surface area contributed by atoms with E-state index in [1.807, 2.05) is 27.7 Å². The maximum Gasteiger partial charge on any atom is 0.410 e. The molecular weight excluding hydrogens is 403 g/mol. The van der Waals surface area contributed by atoms with Crippen LogP contribution in [0, 0.1) is 3.57 Å². The van der Waals surface area contributed by atoms with E-state index in [1.165, 1.54) is 9.13 Å². The molecule has 0 fully saturated rings. The fourth-order valence-electron chi connectivity index (χ4n) is 2.16. The fraction of sp³-hybridized carbons (Fsp3) is 0.611. The first-order valence-corrected chi connectivity index (χ1v) is 9.27. The Hall–Kier alpha value is -0.820. The molecule has 0 aliphatic heterocycles. The van der Waals surface area contributed by atoms with Gasteiger partial charge in [-0.1, -0.05) is 12.1 Å². The number of amides is 1. The highest BCUT2D eigenvalue weighted by Gasteiger charge is 2.20. The molecule has 1 atom stereocenters. The van der Waals surface area contributed by atoms with Crippen LogP contribution in [0.2, 0.25) is 0 Å². The second kappa shape index (κ2) is 9.47. The molecule has 0 aliphatic carbocycles. The van der Waals surface area contributed by atoms with Gasteiger partial charge in [-0.3, -0.25) is 0 Å². The molecule has 0 aromatic heterocycles. The molecule has 1 rings (SSSR count). The van der Waals surface area contributed by atoms with Crippen molar-refractivity contribution in [1.29, 1.82) is 0 Å². The molecule has 1 aromatic carbocycles. The molecule has 5 heteroatoms. The summed E-state index contributed by atoms with van der Waals surface area (Å²) in [5.41, 5.74) is 0.840. The van der Waals surface area contributed by atoms with Crippen molar-refractivity contribution in [2.45, 2.75) is 52.7 Å². The number of hydrogen-bond donors (Lipinski definition) is 1. The van der Waals surface area contributed by atoms with E-state index in [0.717, 1.165) is 13.0 Å². The number of benzene rings is 1. The third-order valence-electron chi connectivity index (χ3n) is 3.46. The molecule has 1 aromatic rings. The molecule has 130 valence electrons. The van der Waals surface area contributed by atoms with Gasteiger partial charge >= 0.3 is 6.09 Å². The van der Waals surface area contributed by atoms with Gasteiger partial charge in [0.25, 0.3) is 0 Å². The summed E-state index contributed by atoms with van der Waals surface area (Å²) >= 11 is 2.31. The lowest BCUT2D eigenvalue weighted by molar-refractivity contribution is 0.0258. The van der Waals surface area contributed by atoms with Crippen LogP contribution < -0.4 is 5.32 Å². The van der Waals surface area contributed by atoms with Crippen LogP contribution in [0.25, 0.3) is 0 Å². The number of hydrogen-bond acceptors (Lipinski definition) is 3. The molecule has 0 radical (unpaired) electrons. The average Bonchev–Trinajstić information content (AvgIpc) is 2.45. The number of nitrogens with zero attached hydrogens (tertiary/aromatic N) is 1. The van der Waals surface area contributed by atoms with Gasteiger partial charge in [-0.15, -0.1) is 0 Å². The second-order valence-electron chi connectivity index (χ2n) is 6.64. The third kappa shape index (κ3) is 8.01. The van der Waals surface area contributed by atoms with Crippen molar-refractivity contribution in [1.82, 2.24) is 10.2 Å². The maximum absolute atomic E-state index is 12.1. The van der Waals surface area contributed by atoms with Gasteiger partial charge in [0, 0.05) is 22.7 Å². The number of carbonyl (C=O) groups is 1. The van der Waals surface area contributed by atoms with Gasteiger partial charge in [0.05, 0.1) is 0 Å². The van der Waals surface area contributed by atoms with Crippen molar-refractivity contribution < 1.29 is 9.53 Å². The Morgan fingerprint density at radius 2 is 1.91 bits per heavy atom. The van der Waals surface area contributed by atoms with E-state index in [4.69, 9.17) is 4.74 Å². The predicted octanol–water partition coefficient (Wildman–Crippen LogP) is 4.59. The van der Waals surface area contributed by atoms with Crippen molar-refractivity contribution in [3.63, 3.8) is 0 Å². The van der Waals surface area contributed by atoms with Crippen LogP contribution in [-0.4, -0.2) is 36.2 Å². The number of carbonyl (C=O) groups excluding carboxylic acids is 1. The minimum Gasteiger partial charge on any atom is -0.444 e. The van der Waals surface area contributed by atoms with Crippen LogP contribution in [0.1, 0.15) is 52.6 Å². The average molecular weight is 432 g/mol. The summed E-state index contributed by atoms with van der Waals surface area (Å²) in [6, 6.07) is 8.85. The van der Waals surface area contributed by atoms with E-state index in [0.29, 0.717) is 19.1 Å². The lowest BCUT2D eigenvalue weighted by atomic mass is 10.1. The number of nitrogens with one attached hydrogen (secondary N) is 1. The molecule has 0 saturated carbocycles. The van der Waals surface area contributed by atoms with E-state index in [2.05, 4.69) is 59.1 Å². The Morgan fingerprint density at radius 3 is 2.43 bits per heavy atom. The van der Waals surface area contributed by atoms with Crippen molar-refractivity contribution in [3.05, 3.63) is 33.4 Å². The number of rotatable bonds is 7. The van der Waals surface area contributed by atoms with E-state index >= 15 is 0 Å². The van der Waals surface area contributed by atoms with Crippen molar-refractivity contribution in [2.24, 2.45) is 0 Å². The van der Waals surface area contributed by atoms with Gasteiger partial charge in [-0.25, -0.2) is 4.79 Å². The van der Waals surface area contributed by atoms with Crippen LogP contribution >= 0.6 is 22.6 Å². The smallest absolute Gasteiger partial charge is 0.410 e. The zero-order valence-corrected chi connectivity index (χ0v) is 17.0. The van der Waals surface area contributed by atoms with E-state index < -0.39 is 5.60 Å². The lowest BCUT2D eigenvalue weighted by Gasteiger charge is -2.26. The number of halogens is 1. The Morgan fingerprint density at radius 1 is 1.30 bits per heavy atom. The van der Waals surface area contributed by atoms with E-state index in [-0.39, 0.29) is 6.09 Å². The molecule has 4 nitrogen and oxygen atoms in total. The molecule has 0 saturated heterocycles. The fourth-order valence-corrected chi connectivity index (χ4v) is 2.52. The highest BCUT2D eigenvalue weighted by Crippen LogP contribution is 2.14. The molecule has 0 bridgehead atoms. The van der Waals surface area contributed by atoms with E-state index in [1.54, 1.807) is 4.90 Å². The lowest BCUT2D eigenvalue weighted by Crippen LogP contribution is -2.38. The Labute approximate surface area is 154 Å². The predicted molar refractivity (Wildman–Crippen MR) is 104 cm³/mol. The summed E-state index contributed by atoms with van der Waals surface area (Å²) in [5.74, 6) is 0. The van der Waals surface area contributed by atoms with Crippen LogP contribution in [-0.2, 0) is 4.74 Å². The quantitative estimate of drug-likeness (QED) is 0.506. The van der Waals surface area contributed by atoms with Crippen LogP contribution in [0.4, 0.5) is 4.79 Å². The summed E-state index contributed by atoms with van der Waals surface area (Å²) in [6.07, 6.45) is 0.674. The van der Waals surface area contributed by atoms with Crippen LogP contribution in [0.3, 0.4) is 0 Å². The Bertz CT molecular complexity index is 483. The van der Waals surface area contributed by atoms with Gasteiger partial charge < -0.3 is 15.0 Å². The van der Waals surface area contributed by atoms with Gasteiger partial charge in [0.15, 0.2) is 0 Å². The van der Waals surface area contributed by atoms with Gasteiger partial charge in [0.1, 0.15) is 5.60 Å². The molecule has 1 unspecified atom stereocenters. The number of ether oxygens (including phenoxy) is 1. The van der Waals surface area contributed by atoms with Crippen molar-refractivity contribution in [2.75, 3.05) is 19.6 Å². The summed E-state index contributed by atoms with van der Waals surface area (Å²) in [6.45, 7) is 12.1. The zero-order valence-electron chi connectivity index (χ0n) is 14.9. The van der Waals surface area contributed by atoms with Crippen LogP contribution in [0.5, 0.6) is 0 Å². The Kier molecular flexibility index (Phi) is 8.33. The van der Waals surface area contributed by atoms with Crippen molar-refractivity contribution in [3.8, 4) is 0 Å². The third-order valence-corrected chi connectivity index (χ3v) is 4.18. The molecule has 23 heavy (non-hydrogen) atoms. The molecule has 0 heterocycles. The maximum atomic E-state index is 12.1. The summed E-state index contributed by atoms with van der Waals surface area (Å²) in [7, 11) is 0. The molecule has 0 spiro atoms. The van der Waals surface area contributed by atoms with Gasteiger partial charge in [-0.05, 0) is 87.9 Å². The monoisotopic (exact) mass is 432 g/mol. The molecular formula is C18H29IN2O2. The standard InChI is InChI=1S/C18H29IN2O2/c1-6-21(17(22)23-18(3,4)5)13-7-12-20-14(2)15-8-10-16(19)11-9-15/h8-11,14,20H,6-7,12-13H2,1-5H3. The van der Waals surface area contributed by atoms with Gasteiger partial charge in [-0.2, -0.15) is 0 Å². The van der Waals surface area contributed by atoms with Crippen LogP contribution in [0.15, 0.2) is 24.3 Å². The largest absolute Gasteiger partial charge is 0.444 e. The first-order valence-electron chi connectivity index (χ1n) is 8.19. The second-order valence-corrected chi connectivity index (χ2v) is 7.89. The molecule has 0 aliphatic rings. The normalized spacial score (nSPS) is 12.8. The summed E-state index contributed by atoms with van der Waals surface area (Å²) < 4.78 is 6.66. The SMILES string of the molecule is CCN(CCCNC(C)c1ccc(I)cc1)C(=O)OC(C)(C)C. The van der Waals surface area contributed by atoms with E-state index in [9.17, 15) is 4.79 Å². The first-order chi connectivity index (χ1) is 10.7. The van der Waals surface area contributed by atoms with Gasteiger partial charge in [0.2, 0.25) is 0 Å². The zero-order chi connectivity index (χ0) is 17.5. The highest BCUT2D eigenvalue weighted by molar-refractivity contribution is 14.1. The topological polar surface area (TPSA) is 41.6 Å².